The summed E-state index contributed by atoms with van der Waals surface area (Å²) in [6, 6.07) is 5.36. The number of hydrogen-bond acceptors (Lipinski definition) is 3. The van der Waals surface area contributed by atoms with Crippen LogP contribution in [0.1, 0.15) is 38.2 Å². The molecule has 0 heterocycles. The molecule has 0 unspecified atom stereocenters. The van der Waals surface area contributed by atoms with E-state index in [4.69, 9.17) is 5.73 Å². The summed E-state index contributed by atoms with van der Waals surface area (Å²) in [7, 11) is 0. The van der Waals surface area contributed by atoms with Crippen LogP contribution in [-0.4, -0.2) is 17.6 Å². The molecular weight excluding hydrogens is 252 g/mol. The Hall–Kier alpha value is -1.55. The Bertz CT molecular complexity index is 466. The zero-order valence-corrected chi connectivity index (χ0v) is 12.1. The largest absolute Gasteiger partial charge is 0.506 e. The fourth-order valence-corrected chi connectivity index (χ4v) is 2.80. The molecule has 4 N–H and O–H groups in total. The number of aromatic hydroxyl groups is 1. The fourth-order valence-electron chi connectivity index (χ4n) is 2.80. The molecule has 1 aliphatic carbocycles. The Kier molecular flexibility index (Phi) is 5.01. The summed E-state index contributed by atoms with van der Waals surface area (Å²) in [5, 5.41) is 12.7. The van der Waals surface area contributed by atoms with Crippen molar-refractivity contribution >= 4 is 11.6 Å². The third kappa shape index (κ3) is 3.51. The van der Waals surface area contributed by atoms with Crippen LogP contribution < -0.4 is 11.1 Å². The molecule has 0 aromatic heterocycles. The van der Waals surface area contributed by atoms with Crippen LogP contribution in [0.5, 0.6) is 5.75 Å². The van der Waals surface area contributed by atoms with E-state index in [-0.39, 0.29) is 17.6 Å². The Morgan fingerprint density at radius 2 is 2.05 bits per heavy atom. The van der Waals surface area contributed by atoms with Crippen molar-refractivity contribution in [2.24, 2.45) is 17.6 Å². The number of nitrogens with two attached hydrogens (primary N) is 1. The van der Waals surface area contributed by atoms with Crippen molar-refractivity contribution < 1.29 is 9.90 Å². The van der Waals surface area contributed by atoms with Gasteiger partial charge in [0.05, 0.1) is 5.69 Å². The molecule has 1 aromatic carbocycles. The summed E-state index contributed by atoms with van der Waals surface area (Å²) in [5.41, 5.74) is 7.29. The number of rotatable bonds is 4. The summed E-state index contributed by atoms with van der Waals surface area (Å²) < 4.78 is 0. The number of benzene rings is 1. The molecule has 0 bridgehead atoms. The number of phenolic OH excluding ortho intramolecular Hbond substituents is 1. The van der Waals surface area contributed by atoms with Gasteiger partial charge in [-0.15, -0.1) is 0 Å². The smallest absolute Gasteiger partial charge is 0.227 e. The van der Waals surface area contributed by atoms with Gasteiger partial charge in [0.1, 0.15) is 5.75 Å². The monoisotopic (exact) mass is 276 g/mol. The van der Waals surface area contributed by atoms with Crippen LogP contribution in [0.4, 0.5) is 5.69 Å². The van der Waals surface area contributed by atoms with E-state index >= 15 is 0 Å². The number of nitrogens with one attached hydrogen (secondary N) is 1. The van der Waals surface area contributed by atoms with E-state index in [0.29, 0.717) is 18.2 Å². The van der Waals surface area contributed by atoms with E-state index in [1.54, 1.807) is 6.07 Å². The van der Waals surface area contributed by atoms with Gasteiger partial charge in [0.2, 0.25) is 5.91 Å². The zero-order chi connectivity index (χ0) is 14.5. The Morgan fingerprint density at radius 3 is 2.65 bits per heavy atom. The lowest BCUT2D eigenvalue weighted by molar-refractivity contribution is -0.121. The van der Waals surface area contributed by atoms with E-state index in [0.717, 1.165) is 37.7 Å². The first-order valence-electron chi connectivity index (χ1n) is 7.46. The summed E-state index contributed by atoms with van der Waals surface area (Å²) in [6.45, 7) is 2.76. The molecule has 0 atom stereocenters. The van der Waals surface area contributed by atoms with Gasteiger partial charge in [-0.1, -0.05) is 13.0 Å². The minimum absolute atomic E-state index is 0.0176. The number of amides is 1. The summed E-state index contributed by atoms with van der Waals surface area (Å²) in [4.78, 5) is 12.3. The topological polar surface area (TPSA) is 75.3 Å². The van der Waals surface area contributed by atoms with Gasteiger partial charge in [-0.2, -0.15) is 0 Å². The molecule has 0 spiro atoms. The van der Waals surface area contributed by atoms with Crippen molar-refractivity contribution in [3.63, 3.8) is 0 Å². The Morgan fingerprint density at radius 1 is 1.35 bits per heavy atom. The molecule has 4 heteroatoms. The highest BCUT2D eigenvalue weighted by Crippen LogP contribution is 2.30. The van der Waals surface area contributed by atoms with Crippen LogP contribution >= 0.6 is 0 Å². The number of carbonyl (C=O) groups excluding carboxylic acids is 1. The van der Waals surface area contributed by atoms with E-state index in [1.165, 1.54) is 0 Å². The highest BCUT2D eigenvalue weighted by molar-refractivity contribution is 5.94. The maximum Gasteiger partial charge on any atom is 0.227 e. The number of carbonyl (C=O) groups is 1. The van der Waals surface area contributed by atoms with E-state index < -0.39 is 0 Å². The average Bonchev–Trinajstić information content (AvgIpc) is 2.49. The number of anilines is 1. The Labute approximate surface area is 120 Å². The van der Waals surface area contributed by atoms with Crippen LogP contribution in [-0.2, 0) is 11.2 Å². The maximum atomic E-state index is 12.3. The fraction of sp³-hybridized carbons (Fsp3) is 0.562. The van der Waals surface area contributed by atoms with Crippen molar-refractivity contribution in [1.82, 2.24) is 0 Å². The van der Waals surface area contributed by atoms with E-state index in [9.17, 15) is 9.90 Å². The lowest BCUT2D eigenvalue weighted by Crippen LogP contribution is -2.29. The SMILES string of the molecule is CCc1ccc(O)c(NC(=O)C2CCC(CN)CC2)c1. The molecule has 110 valence electrons. The molecule has 4 nitrogen and oxygen atoms in total. The van der Waals surface area contributed by atoms with Crippen molar-refractivity contribution in [1.29, 1.82) is 0 Å². The highest BCUT2D eigenvalue weighted by Gasteiger charge is 2.26. The lowest BCUT2D eigenvalue weighted by Gasteiger charge is -2.26. The van der Waals surface area contributed by atoms with Crippen LogP contribution in [0, 0.1) is 11.8 Å². The first kappa shape index (κ1) is 14.9. The van der Waals surface area contributed by atoms with Gasteiger partial charge in [0, 0.05) is 5.92 Å². The lowest BCUT2D eigenvalue weighted by atomic mass is 9.81. The minimum Gasteiger partial charge on any atom is -0.506 e. The quantitative estimate of drug-likeness (QED) is 0.740. The Balaban J connectivity index is 1.98. The van der Waals surface area contributed by atoms with Crippen LogP contribution in [0.25, 0.3) is 0 Å². The minimum atomic E-state index is 0.0176. The predicted octanol–water partition coefficient (Wildman–Crippen LogP) is 2.66. The van der Waals surface area contributed by atoms with Crippen molar-refractivity contribution in [2.75, 3.05) is 11.9 Å². The third-order valence-corrected chi connectivity index (χ3v) is 4.28. The van der Waals surface area contributed by atoms with Gasteiger partial charge in [-0.25, -0.2) is 0 Å². The molecule has 1 aromatic rings. The second-order valence-corrected chi connectivity index (χ2v) is 5.65. The predicted molar refractivity (Wildman–Crippen MR) is 80.6 cm³/mol. The standard InChI is InChI=1S/C16H24N2O2/c1-2-11-5-8-15(19)14(9-11)18-16(20)13-6-3-12(10-17)4-7-13/h5,8-9,12-13,19H,2-4,6-7,10,17H2,1H3,(H,18,20). The van der Waals surface area contributed by atoms with Crippen LogP contribution in [0.15, 0.2) is 18.2 Å². The van der Waals surface area contributed by atoms with Gasteiger partial charge >= 0.3 is 0 Å². The van der Waals surface area contributed by atoms with Gasteiger partial charge < -0.3 is 16.2 Å². The number of phenols is 1. The molecule has 1 amide bonds. The van der Waals surface area contributed by atoms with Crippen molar-refractivity contribution in [3.8, 4) is 5.75 Å². The van der Waals surface area contributed by atoms with Gasteiger partial charge in [-0.05, 0) is 62.3 Å². The molecule has 20 heavy (non-hydrogen) atoms. The highest BCUT2D eigenvalue weighted by atomic mass is 16.3. The second kappa shape index (κ2) is 6.75. The molecule has 0 aliphatic heterocycles. The maximum absolute atomic E-state index is 12.3. The first-order valence-corrected chi connectivity index (χ1v) is 7.46. The zero-order valence-electron chi connectivity index (χ0n) is 12.1. The van der Waals surface area contributed by atoms with Crippen LogP contribution in [0.3, 0.4) is 0 Å². The molecular formula is C16H24N2O2. The second-order valence-electron chi connectivity index (χ2n) is 5.65. The molecule has 1 fully saturated rings. The van der Waals surface area contributed by atoms with Gasteiger partial charge in [-0.3, -0.25) is 4.79 Å². The van der Waals surface area contributed by atoms with E-state index in [1.807, 2.05) is 19.1 Å². The molecule has 1 saturated carbocycles. The van der Waals surface area contributed by atoms with Gasteiger partial charge in [0.15, 0.2) is 0 Å². The van der Waals surface area contributed by atoms with Gasteiger partial charge in [0.25, 0.3) is 0 Å². The van der Waals surface area contributed by atoms with Crippen molar-refractivity contribution in [3.05, 3.63) is 23.8 Å². The van der Waals surface area contributed by atoms with Crippen LogP contribution in [0.2, 0.25) is 0 Å². The number of aryl methyl sites for hydroxylation is 1. The summed E-state index contributed by atoms with van der Waals surface area (Å²) in [6.07, 6.45) is 4.71. The summed E-state index contributed by atoms with van der Waals surface area (Å²) >= 11 is 0. The first-order chi connectivity index (χ1) is 9.63. The number of hydrogen-bond donors (Lipinski definition) is 3. The molecule has 0 radical (unpaired) electrons. The normalized spacial score (nSPS) is 22.5. The molecule has 2 rings (SSSR count). The van der Waals surface area contributed by atoms with E-state index in [2.05, 4.69) is 5.32 Å². The molecule has 0 saturated heterocycles. The van der Waals surface area contributed by atoms with Crippen molar-refractivity contribution in [2.45, 2.75) is 39.0 Å². The third-order valence-electron chi connectivity index (χ3n) is 4.28. The average molecular weight is 276 g/mol. The summed E-state index contributed by atoms with van der Waals surface area (Å²) in [5.74, 6) is 0.758. The molecule has 1 aliphatic rings.